The Morgan fingerprint density at radius 2 is 1.07 bits per heavy atom. The van der Waals surface area contributed by atoms with Crippen LogP contribution in [0.25, 0.3) is 4.98 Å². The third-order valence-corrected chi connectivity index (χ3v) is 9.36. The van der Waals surface area contributed by atoms with E-state index in [2.05, 4.69) is 94.5 Å². The van der Waals surface area contributed by atoms with Gasteiger partial charge in [-0.05, 0) is 35.8 Å². The van der Waals surface area contributed by atoms with E-state index in [4.69, 9.17) is 4.98 Å². The standard InChI is InChI=1S/C23H32NSi.3CH3.Ti/c1-23(2,3)24-25(4,5)20-16-21(18-12-8-6-9-13-18)22(17-20)19-14-10-7-11-15-19;;;;/h6-15,20-22H,16-17H2,1-5H3;3*1H3;/q4*-1;+4. The SMILES string of the molecule is CC(C)(C)[N-][Si](C)(C)C1CC(c2ccccc2)C(c2ccccc2)C1.[CH3-].[CH3-].[CH3-].[Ti+4]. The van der Waals surface area contributed by atoms with E-state index in [0.717, 1.165) is 5.54 Å². The van der Waals surface area contributed by atoms with Gasteiger partial charge in [-0.25, -0.2) is 0 Å². The Kier molecular flexibility index (Phi) is 12.9. The van der Waals surface area contributed by atoms with Gasteiger partial charge in [-0.2, -0.15) is 0 Å². The molecule has 2 aromatic carbocycles. The van der Waals surface area contributed by atoms with E-state index >= 15 is 0 Å². The molecule has 0 saturated heterocycles. The first-order chi connectivity index (χ1) is 11.8. The molecule has 0 N–H and O–H groups in total. The van der Waals surface area contributed by atoms with Crippen molar-refractivity contribution in [2.75, 3.05) is 0 Å². The predicted molar refractivity (Wildman–Crippen MR) is 131 cm³/mol. The average Bonchev–Trinajstić information content (AvgIpc) is 3.00. The minimum Gasteiger partial charge on any atom is -0.660 e. The van der Waals surface area contributed by atoms with Gasteiger partial charge in [0.2, 0.25) is 0 Å². The van der Waals surface area contributed by atoms with E-state index in [1.165, 1.54) is 24.0 Å². The molecule has 1 nitrogen and oxygen atoms in total. The molecule has 2 unspecified atom stereocenters. The van der Waals surface area contributed by atoms with Gasteiger partial charge in [-0.15, -0.1) is 5.54 Å². The Morgan fingerprint density at radius 1 is 0.724 bits per heavy atom. The Morgan fingerprint density at radius 3 is 1.38 bits per heavy atom. The molecule has 1 aliphatic rings. The van der Waals surface area contributed by atoms with Crippen LogP contribution in [0.3, 0.4) is 0 Å². The van der Waals surface area contributed by atoms with Gasteiger partial charge in [0, 0.05) is 0 Å². The fourth-order valence-corrected chi connectivity index (χ4v) is 8.28. The molecule has 1 fully saturated rings. The molecule has 2 atom stereocenters. The van der Waals surface area contributed by atoms with Crippen LogP contribution in [0.1, 0.15) is 56.6 Å². The summed E-state index contributed by atoms with van der Waals surface area (Å²) in [7, 11) is -1.63. The van der Waals surface area contributed by atoms with E-state index in [1.54, 1.807) is 0 Å². The second-order valence-corrected chi connectivity index (χ2v) is 13.5. The third kappa shape index (κ3) is 7.83. The first-order valence-electron chi connectivity index (χ1n) is 9.60. The second kappa shape index (κ2) is 12.2. The number of hydrogen-bond donors (Lipinski definition) is 0. The van der Waals surface area contributed by atoms with Crippen LogP contribution in [0.2, 0.25) is 18.6 Å². The summed E-state index contributed by atoms with van der Waals surface area (Å²) >= 11 is 0. The van der Waals surface area contributed by atoms with E-state index in [1.807, 2.05) is 0 Å². The first-order valence-corrected chi connectivity index (χ1v) is 12.6. The van der Waals surface area contributed by atoms with Crippen LogP contribution in [0.5, 0.6) is 0 Å². The molecular formula is C26H41NSiTi. The van der Waals surface area contributed by atoms with E-state index < -0.39 is 8.24 Å². The van der Waals surface area contributed by atoms with Crippen LogP contribution in [-0.2, 0) is 21.7 Å². The summed E-state index contributed by atoms with van der Waals surface area (Å²) in [6.07, 6.45) is 2.56. The van der Waals surface area contributed by atoms with Gasteiger partial charge >= 0.3 is 21.7 Å². The zero-order valence-electron chi connectivity index (χ0n) is 19.9. The van der Waals surface area contributed by atoms with Gasteiger partial charge in [0.05, 0.1) is 0 Å². The van der Waals surface area contributed by atoms with Crippen LogP contribution in [-0.4, -0.2) is 13.8 Å². The Hall–Kier alpha value is -0.669. The molecule has 0 spiro atoms. The Labute approximate surface area is 198 Å². The van der Waals surface area contributed by atoms with E-state index in [-0.39, 0.29) is 49.5 Å². The summed E-state index contributed by atoms with van der Waals surface area (Å²) in [5.74, 6) is 1.24. The Bertz CT molecular complexity index is 631. The third-order valence-electron chi connectivity index (χ3n) is 5.64. The minimum absolute atomic E-state index is 0. The van der Waals surface area contributed by atoms with Crippen molar-refractivity contribution >= 4 is 8.24 Å². The molecule has 0 heterocycles. The fraction of sp³-hybridized carbons (Fsp3) is 0.423. The van der Waals surface area contributed by atoms with Crippen molar-refractivity contribution in [2.45, 2.75) is 69.6 Å². The zero-order chi connectivity index (χ0) is 18.1. The van der Waals surface area contributed by atoms with Crippen LogP contribution < -0.4 is 0 Å². The summed E-state index contributed by atoms with van der Waals surface area (Å²) < 4.78 is 0. The molecule has 1 saturated carbocycles. The zero-order valence-corrected chi connectivity index (χ0v) is 22.4. The summed E-state index contributed by atoms with van der Waals surface area (Å²) in [6, 6.07) is 22.3. The van der Waals surface area contributed by atoms with Gasteiger partial charge in [-0.3, -0.25) is 0 Å². The summed E-state index contributed by atoms with van der Waals surface area (Å²) in [6.45, 7) is 11.7. The van der Waals surface area contributed by atoms with Crippen molar-refractivity contribution in [1.82, 2.24) is 0 Å². The first kappa shape index (κ1) is 30.5. The normalized spacial score (nSPS) is 21.1. The van der Waals surface area contributed by atoms with Crippen molar-refractivity contribution in [3.05, 3.63) is 99.1 Å². The molecule has 0 radical (unpaired) electrons. The predicted octanol–water partition coefficient (Wildman–Crippen LogP) is 8.44. The number of rotatable bonds is 4. The van der Waals surface area contributed by atoms with E-state index in [9.17, 15) is 0 Å². The maximum Gasteiger partial charge on any atom is 4.00 e. The molecule has 0 aliphatic heterocycles. The number of hydrogen-bond acceptors (Lipinski definition) is 0. The summed E-state index contributed by atoms with van der Waals surface area (Å²) in [5, 5.41) is 0. The molecule has 0 amide bonds. The van der Waals surface area contributed by atoms with Crippen LogP contribution in [0, 0.1) is 22.3 Å². The monoisotopic (exact) mass is 443 g/mol. The van der Waals surface area contributed by atoms with Crippen LogP contribution >= 0.6 is 0 Å². The van der Waals surface area contributed by atoms with Crippen molar-refractivity contribution in [2.24, 2.45) is 0 Å². The maximum atomic E-state index is 5.32. The maximum absolute atomic E-state index is 5.32. The van der Waals surface area contributed by atoms with Crippen molar-refractivity contribution in [3.8, 4) is 0 Å². The molecule has 3 rings (SSSR count). The summed E-state index contributed by atoms with van der Waals surface area (Å²) in [5.41, 5.74) is 3.82. The second-order valence-electron chi connectivity index (χ2n) is 9.14. The molecule has 158 valence electrons. The van der Waals surface area contributed by atoms with Gasteiger partial charge in [0.25, 0.3) is 0 Å². The topological polar surface area (TPSA) is 14.1 Å². The molecular weight excluding hydrogens is 402 g/mol. The number of nitrogens with zero attached hydrogens (tertiary/aromatic N) is 1. The minimum atomic E-state index is -1.63. The van der Waals surface area contributed by atoms with Crippen molar-refractivity contribution in [3.63, 3.8) is 0 Å². The Balaban J connectivity index is 0. The molecule has 0 bridgehead atoms. The number of benzene rings is 2. The van der Waals surface area contributed by atoms with Crippen molar-refractivity contribution in [1.29, 1.82) is 0 Å². The van der Waals surface area contributed by atoms with Gasteiger partial charge in [-0.1, -0.05) is 108 Å². The smallest absolute Gasteiger partial charge is 0.660 e. The van der Waals surface area contributed by atoms with Crippen LogP contribution in [0.15, 0.2) is 60.7 Å². The summed E-state index contributed by atoms with van der Waals surface area (Å²) in [4.78, 5) is 5.32. The van der Waals surface area contributed by atoms with E-state index in [0.29, 0.717) is 11.8 Å². The van der Waals surface area contributed by atoms with Gasteiger partial charge in [0.1, 0.15) is 0 Å². The molecule has 0 aromatic heterocycles. The molecule has 2 aromatic rings. The van der Waals surface area contributed by atoms with Crippen molar-refractivity contribution < 1.29 is 21.7 Å². The van der Waals surface area contributed by atoms with Gasteiger partial charge < -0.3 is 27.3 Å². The molecule has 29 heavy (non-hydrogen) atoms. The largest absolute Gasteiger partial charge is 4.00 e. The van der Waals surface area contributed by atoms with Gasteiger partial charge in [0.15, 0.2) is 0 Å². The quantitative estimate of drug-likeness (QED) is 0.332. The molecule has 1 aliphatic carbocycles. The molecule has 3 heteroatoms. The fourth-order valence-electron chi connectivity index (χ4n) is 4.71. The van der Waals surface area contributed by atoms with Crippen LogP contribution in [0.4, 0.5) is 0 Å². The average molecular weight is 444 g/mol.